The lowest BCUT2D eigenvalue weighted by atomic mass is 9.86. The van der Waals surface area contributed by atoms with Gasteiger partial charge in [0.05, 0.1) is 18.4 Å². The van der Waals surface area contributed by atoms with E-state index in [1.165, 1.54) is 6.92 Å². The Balaban J connectivity index is 4.49. The van der Waals surface area contributed by atoms with Crippen molar-refractivity contribution in [2.24, 2.45) is 11.1 Å². The highest BCUT2D eigenvalue weighted by atomic mass is 19.4. The summed E-state index contributed by atoms with van der Waals surface area (Å²) in [6.07, 6.45) is -5.23. The molecule has 0 aromatic carbocycles. The molecule has 0 aromatic rings. The predicted octanol–water partition coefficient (Wildman–Crippen LogP) is 1.47. The number of carbonyl (C=O) groups excluding carboxylic acids is 1. The minimum Gasteiger partial charge on any atom is -0.466 e. The molecule has 2 N–H and O–H groups in total. The zero-order valence-corrected chi connectivity index (χ0v) is 8.15. The second-order valence-electron chi connectivity index (χ2n) is 3.24. The highest BCUT2D eigenvalue weighted by Crippen LogP contribution is 2.40. The lowest BCUT2D eigenvalue weighted by Gasteiger charge is -2.29. The van der Waals surface area contributed by atoms with Crippen molar-refractivity contribution in [1.29, 1.82) is 0 Å². The van der Waals surface area contributed by atoms with E-state index < -0.39 is 30.5 Å². The Morgan fingerprint density at radius 1 is 1.43 bits per heavy atom. The van der Waals surface area contributed by atoms with Crippen LogP contribution in [0.2, 0.25) is 0 Å². The molecule has 0 aliphatic rings. The summed E-state index contributed by atoms with van der Waals surface area (Å²) >= 11 is 0. The van der Waals surface area contributed by atoms with Gasteiger partial charge in [-0.15, -0.1) is 0 Å². The highest BCUT2D eigenvalue weighted by molar-refractivity contribution is 5.70. The summed E-state index contributed by atoms with van der Waals surface area (Å²) in [5.74, 6) is -0.877. The van der Waals surface area contributed by atoms with Crippen LogP contribution in [0, 0.1) is 5.41 Å². The van der Waals surface area contributed by atoms with E-state index in [0.717, 1.165) is 6.92 Å². The SMILES string of the molecule is CCOC(=O)CC(C)(CN)C(F)(F)F. The van der Waals surface area contributed by atoms with E-state index in [-0.39, 0.29) is 6.61 Å². The van der Waals surface area contributed by atoms with Gasteiger partial charge in [-0.25, -0.2) is 0 Å². The molecule has 14 heavy (non-hydrogen) atoms. The van der Waals surface area contributed by atoms with Gasteiger partial charge in [0.1, 0.15) is 0 Å². The van der Waals surface area contributed by atoms with Crippen LogP contribution in [-0.4, -0.2) is 25.3 Å². The van der Waals surface area contributed by atoms with Crippen LogP contribution in [0.5, 0.6) is 0 Å². The average Bonchev–Trinajstić information content (AvgIpc) is 2.02. The van der Waals surface area contributed by atoms with Gasteiger partial charge in [-0.05, 0) is 13.8 Å². The molecule has 6 heteroatoms. The molecule has 0 rings (SSSR count). The third-order valence-corrected chi connectivity index (χ3v) is 1.97. The normalized spacial score (nSPS) is 16.1. The minimum atomic E-state index is -4.49. The largest absolute Gasteiger partial charge is 0.466 e. The monoisotopic (exact) mass is 213 g/mol. The summed E-state index contributed by atoms with van der Waals surface area (Å²) in [4.78, 5) is 10.9. The maximum atomic E-state index is 12.4. The van der Waals surface area contributed by atoms with Gasteiger partial charge >= 0.3 is 12.1 Å². The maximum absolute atomic E-state index is 12.4. The molecule has 0 saturated heterocycles. The molecule has 0 aromatic heterocycles. The van der Waals surface area contributed by atoms with E-state index in [4.69, 9.17) is 5.73 Å². The smallest absolute Gasteiger partial charge is 0.396 e. The van der Waals surface area contributed by atoms with Crippen LogP contribution in [0.3, 0.4) is 0 Å². The Kier molecular flexibility index (Phi) is 4.38. The maximum Gasteiger partial charge on any atom is 0.396 e. The van der Waals surface area contributed by atoms with Crippen molar-refractivity contribution in [2.75, 3.05) is 13.2 Å². The zero-order chi connectivity index (χ0) is 11.4. The Morgan fingerprint density at radius 2 is 1.93 bits per heavy atom. The molecule has 84 valence electrons. The number of halogens is 3. The van der Waals surface area contributed by atoms with E-state index in [0.29, 0.717) is 0 Å². The van der Waals surface area contributed by atoms with Crippen LogP contribution in [0.4, 0.5) is 13.2 Å². The van der Waals surface area contributed by atoms with Crippen molar-refractivity contribution in [3.8, 4) is 0 Å². The van der Waals surface area contributed by atoms with Crippen LogP contribution >= 0.6 is 0 Å². The van der Waals surface area contributed by atoms with E-state index in [9.17, 15) is 18.0 Å². The Hall–Kier alpha value is -0.780. The quantitative estimate of drug-likeness (QED) is 0.719. The van der Waals surface area contributed by atoms with Crippen molar-refractivity contribution in [3.63, 3.8) is 0 Å². The molecule has 0 fully saturated rings. The van der Waals surface area contributed by atoms with Crippen LogP contribution in [-0.2, 0) is 9.53 Å². The number of carbonyl (C=O) groups is 1. The van der Waals surface area contributed by atoms with Gasteiger partial charge in [-0.3, -0.25) is 4.79 Å². The topological polar surface area (TPSA) is 52.3 Å². The molecular formula is C8H14F3NO2. The van der Waals surface area contributed by atoms with Gasteiger partial charge in [0, 0.05) is 6.54 Å². The van der Waals surface area contributed by atoms with Gasteiger partial charge in [0.2, 0.25) is 0 Å². The number of hydrogen-bond acceptors (Lipinski definition) is 3. The van der Waals surface area contributed by atoms with Crippen molar-refractivity contribution in [1.82, 2.24) is 0 Å². The fourth-order valence-electron chi connectivity index (χ4n) is 0.819. The summed E-state index contributed by atoms with van der Waals surface area (Å²) in [7, 11) is 0. The van der Waals surface area contributed by atoms with E-state index in [2.05, 4.69) is 4.74 Å². The number of alkyl halides is 3. The Labute approximate surface area is 80.4 Å². The van der Waals surface area contributed by atoms with Gasteiger partial charge < -0.3 is 10.5 Å². The van der Waals surface area contributed by atoms with Gasteiger partial charge in [0.15, 0.2) is 0 Å². The summed E-state index contributed by atoms with van der Waals surface area (Å²) in [6, 6.07) is 0. The third kappa shape index (κ3) is 3.17. The number of hydrogen-bond donors (Lipinski definition) is 1. The lowest BCUT2D eigenvalue weighted by Crippen LogP contribution is -2.43. The lowest BCUT2D eigenvalue weighted by molar-refractivity contribution is -0.220. The van der Waals surface area contributed by atoms with Crippen LogP contribution in [0.1, 0.15) is 20.3 Å². The first-order valence-electron chi connectivity index (χ1n) is 4.19. The van der Waals surface area contributed by atoms with E-state index >= 15 is 0 Å². The second-order valence-corrected chi connectivity index (χ2v) is 3.24. The molecule has 0 radical (unpaired) electrons. The van der Waals surface area contributed by atoms with Crippen molar-refractivity contribution in [3.05, 3.63) is 0 Å². The summed E-state index contributed by atoms with van der Waals surface area (Å²) in [5, 5.41) is 0. The fourth-order valence-corrected chi connectivity index (χ4v) is 0.819. The van der Waals surface area contributed by atoms with E-state index in [1.807, 2.05) is 0 Å². The molecular weight excluding hydrogens is 199 g/mol. The van der Waals surface area contributed by atoms with E-state index in [1.54, 1.807) is 0 Å². The fraction of sp³-hybridized carbons (Fsp3) is 0.875. The summed E-state index contributed by atoms with van der Waals surface area (Å²) in [6.45, 7) is 1.88. The zero-order valence-electron chi connectivity index (χ0n) is 8.15. The van der Waals surface area contributed by atoms with Crippen molar-refractivity contribution in [2.45, 2.75) is 26.4 Å². The predicted molar refractivity (Wildman–Crippen MR) is 44.5 cm³/mol. The number of nitrogens with two attached hydrogens (primary N) is 1. The van der Waals surface area contributed by atoms with Crippen LogP contribution in [0.25, 0.3) is 0 Å². The number of esters is 1. The first-order chi connectivity index (χ1) is 6.27. The van der Waals surface area contributed by atoms with Crippen molar-refractivity contribution >= 4 is 5.97 Å². The number of ether oxygens (including phenoxy) is 1. The van der Waals surface area contributed by atoms with Gasteiger partial charge in [-0.1, -0.05) is 0 Å². The van der Waals surface area contributed by atoms with Crippen molar-refractivity contribution < 1.29 is 22.7 Å². The Bertz CT molecular complexity index is 205. The molecule has 0 aliphatic carbocycles. The molecule has 0 spiro atoms. The van der Waals surface area contributed by atoms with Gasteiger partial charge in [-0.2, -0.15) is 13.2 Å². The highest BCUT2D eigenvalue weighted by Gasteiger charge is 2.51. The molecule has 1 atom stereocenters. The average molecular weight is 213 g/mol. The Morgan fingerprint density at radius 3 is 2.21 bits per heavy atom. The third-order valence-electron chi connectivity index (χ3n) is 1.97. The molecule has 1 unspecified atom stereocenters. The first-order valence-corrected chi connectivity index (χ1v) is 4.19. The second kappa shape index (κ2) is 4.63. The minimum absolute atomic E-state index is 0.0668. The van der Waals surface area contributed by atoms with Crippen LogP contribution in [0.15, 0.2) is 0 Å². The molecule has 0 aliphatic heterocycles. The van der Waals surface area contributed by atoms with Crippen LogP contribution < -0.4 is 5.73 Å². The molecule has 3 nitrogen and oxygen atoms in total. The summed E-state index contributed by atoms with van der Waals surface area (Å²) in [5.41, 5.74) is 2.81. The summed E-state index contributed by atoms with van der Waals surface area (Å²) < 4.78 is 41.7. The molecule has 0 saturated carbocycles. The molecule has 0 heterocycles. The molecule has 0 amide bonds. The number of rotatable bonds is 4. The molecule has 0 bridgehead atoms. The first kappa shape index (κ1) is 13.2. The standard InChI is InChI=1S/C8H14F3NO2/c1-3-14-6(13)4-7(2,5-12)8(9,10)11/h3-5,12H2,1-2H3. The van der Waals surface area contributed by atoms with Gasteiger partial charge in [0.25, 0.3) is 0 Å².